The number of hydrogen-bond acceptors (Lipinski definition) is 4. The molecular weight excluding hydrogens is 272 g/mol. The Hall–Kier alpha value is -1.47. The highest BCUT2D eigenvalue weighted by Gasteiger charge is 2.19. The van der Waals surface area contributed by atoms with Crippen molar-refractivity contribution in [2.75, 3.05) is 5.75 Å². The number of carbonyl (C=O) groups is 1. The number of rotatable bonds is 6. The number of amides is 2. The maximum atomic E-state index is 11.9. The van der Waals surface area contributed by atoms with Crippen LogP contribution in [-0.2, 0) is 15.8 Å². The smallest absolute Gasteiger partial charge is 0.326 e. The van der Waals surface area contributed by atoms with Gasteiger partial charge in [-0.15, -0.1) is 6.58 Å². The van der Waals surface area contributed by atoms with Crippen LogP contribution < -0.4 is 10.5 Å². The first-order valence-corrected chi connectivity index (χ1v) is 7.70. The molecule has 0 aliphatic carbocycles. The number of thioether (sulfide) groups is 1. The van der Waals surface area contributed by atoms with E-state index in [1.54, 1.807) is 29.0 Å². The van der Waals surface area contributed by atoms with Gasteiger partial charge in [-0.25, -0.2) is 17.9 Å². The van der Waals surface area contributed by atoms with E-state index in [0.717, 1.165) is 5.75 Å². The standard InChI is InChI=1S/C11H14N2O3S2/c1-2-7-17-8-9-5-3-4-6-10(9)18(15,16)13-11(12)14/h2-6H,1,7-8H2,(H3,12,13,14). The number of benzene rings is 1. The zero-order valence-electron chi connectivity index (χ0n) is 9.63. The summed E-state index contributed by atoms with van der Waals surface area (Å²) >= 11 is 1.53. The molecule has 1 aromatic carbocycles. The zero-order chi connectivity index (χ0) is 13.6. The SMILES string of the molecule is C=CCSCc1ccccc1S(=O)(=O)NC(N)=O. The molecule has 0 saturated heterocycles. The molecule has 0 radical (unpaired) electrons. The second kappa shape index (κ2) is 6.46. The van der Waals surface area contributed by atoms with Gasteiger partial charge in [-0.3, -0.25) is 0 Å². The number of carbonyl (C=O) groups excluding carboxylic acids is 1. The maximum absolute atomic E-state index is 11.9. The minimum Gasteiger partial charge on any atom is -0.351 e. The summed E-state index contributed by atoms with van der Waals surface area (Å²) in [6, 6.07) is 5.38. The Bertz CT molecular complexity index is 541. The van der Waals surface area contributed by atoms with Crippen LogP contribution in [0.4, 0.5) is 4.79 Å². The summed E-state index contributed by atoms with van der Waals surface area (Å²) in [6.07, 6.45) is 1.74. The van der Waals surface area contributed by atoms with Crippen LogP contribution in [0.15, 0.2) is 41.8 Å². The van der Waals surface area contributed by atoms with Gasteiger partial charge in [-0.2, -0.15) is 11.8 Å². The second-order valence-corrected chi connectivity index (χ2v) is 6.06. The lowest BCUT2D eigenvalue weighted by Crippen LogP contribution is -2.35. The molecule has 98 valence electrons. The summed E-state index contributed by atoms with van der Waals surface area (Å²) < 4.78 is 25.5. The highest BCUT2D eigenvalue weighted by Crippen LogP contribution is 2.20. The minimum absolute atomic E-state index is 0.0698. The third-order valence-corrected chi connectivity index (χ3v) is 4.42. The van der Waals surface area contributed by atoms with Gasteiger partial charge in [0.2, 0.25) is 0 Å². The van der Waals surface area contributed by atoms with Gasteiger partial charge in [0, 0.05) is 11.5 Å². The first kappa shape index (κ1) is 14.6. The predicted octanol–water partition coefficient (Wildman–Crippen LogP) is 1.46. The van der Waals surface area contributed by atoms with Crippen LogP contribution in [0.2, 0.25) is 0 Å². The lowest BCUT2D eigenvalue weighted by molar-refractivity contribution is 0.253. The quantitative estimate of drug-likeness (QED) is 0.612. The first-order valence-electron chi connectivity index (χ1n) is 5.06. The Labute approximate surface area is 111 Å². The van der Waals surface area contributed by atoms with E-state index < -0.39 is 16.1 Å². The molecule has 0 aromatic heterocycles. The molecule has 0 aliphatic heterocycles. The Kier molecular flexibility index (Phi) is 5.24. The highest BCUT2D eigenvalue weighted by molar-refractivity contribution is 7.98. The molecule has 0 atom stereocenters. The van der Waals surface area contributed by atoms with Crippen molar-refractivity contribution in [2.45, 2.75) is 10.6 Å². The number of urea groups is 1. The van der Waals surface area contributed by atoms with Gasteiger partial charge in [0.25, 0.3) is 10.0 Å². The Morgan fingerprint density at radius 1 is 1.44 bits per heavy atom. The Balaban J connectivity index is 3.01. The fourth-order valence-electron chi connectivity index (χ4n) is 1.32. The van der Waals surface area contributed by atoms with Crippen molar-refractivity contribution >= 4 is 27.8 Å². The van der Waals surface area contributed by atoms with E-state index in [2.05, 4.69) is 6.58 Å². The molecule has 0 saturated carbocycles. The highest BCUT2D eigenvalue weighted by atomic mass is 32.2. The zero-order valence-corrected chi connectivity index (χ0v) is 11.3. The van der Waals surface area contributed by atoms with Crippen LogP contribution >= 0.6 is 11.8 Å². The van der Waals surface area contributed by atoms with Crippen LogP contribution in [0.25, 0.3) is 0 Å². The van der Waals surface area contributed by atoms with Crippen molar-refractivity contribution < 1.29 is 13.2 Å². The third kappa shape index (κ3) is 4.08. The van der Waals surface area contributed by atoms with Gasteiger partial charge in [-0.1, -0.05) is 24.3 Å². The lowest BCUT2D eigenvalue weighted by Gasteiger charge is -2.09. The van der Waals surface area contributed by atoms with Gasteiger partial charge in [-0.05, 0) is 11.6 Å². The maximum Gasteiger partial charge on any atom is 0.326 e. The number of sulfonamides is 1. The molecule has 0 bridgehead atoms. The fraction of sp³-hybridized carbons (Fsp3) is 0.182. The summed E-state index contributed by atoms with van der Waals surface area (Å²) in [5.74, 6) is 1.24. The van der Waals surface area contributed by atoms with Crippen molar-refractivity contribution in [3.05, 3.63) is 42.5 Å². The van der Waals surface area contributed by atoms with E-state index in [1.807, 2.05) is 0 Å². The molecule has 3 N–H and O–H groups in total. The van der Waals surface area contributed by atoms with Crippen LogP contribution in [0, 0.1) is 0 Å². The van der Waals surface area contributed by atoms with Crippen LogP contribution in [-0.4, -0.2) is 20.2 Å². The van der Waals surface area contributed by atoms with Crippen molar-refractivity contribution in [1.29, 1.82) is 0 Å². The van der Waals surface area contributed by atoms with Crippen molar-refractivity contribution in [3.8, 4) is 0 Å². The molecule has 7 heteroatoms. The average molecular weight is 286 g/mol. The summed E-state index contributed by atoms with van der Waals surface area (Å²) in [5.41, 5.74) is 5.46. The van der Waals surface area contributed by atoms with E-state index >= 15 is 0 Å². The molecule has 2 amide bonds. The number of primary amides is 1. The molecule has 1 rings (SSSR count). The molecule has 5 nitrogen and oxygen atoms in total. The van der Waals surface area contributed by atoms with Crippen molar-refractivity contribution in [1.82, 2.24) is 4.72 Å². The molecule has 0 unspecified atom stereocenters. The van der Waals surface area contributed by atoms with Crippen molar-refractivity contribution in [2.24, 2.45) is 5.73 Å². The monoisotopic (exact) mass is 286 g/mol. The second-order valence-electron chi connectivity index (χ2n) is 3.38. The number of hydrogen-bond donors (Lipinski definition) is 2. The summed E-state index contributed by atoms with van der Waals surface area (Å²) in [6.45, 7) is 3.59. The summed E-state index contributed by atoms with van der Waals surface area (Å²) in [4.78, 5) is 10.7. The minimum atomic E-state index is -3.89. The molecule has 0 heterocycles. The Morgan fingerprint density at radius 3 is 2.72 bits per heavy atom. The molecule has 0 spiro atoms. The molecule has 0 fully saturated rings. The van der Waals surface area contributed by atoms with Gasteiger partial charge in [0.05, 0.1) is 4.90 Å². The van der Waals surface area contributed by atoms with Gasteiger partial charge in [0.1, 0.15) is 0 Å². The summed E-state index contributed by atoms with van der Waals surface area (Å²) in [7, 11) is -3.89. The third-order valence-electron chi connectivity index (χ3n) is 1.99. The first-order chi connectivity index (χ1) is 8.47. The molecule has 1 aromatic rings. The normalized spacial score (nSPS) is 10.9. The largest absolute Gasteiger partial charge is 0.351 e. The van der Waals surface area contributed by atoms with E-state index in [0.29, 0.717) is 11.3 Å². The van der Waals surface area contributed by atoms with Crippen molar-refractivity contribution in [3.63, 3.8) is 0 Å². The Morgan fingerprint density at radius 2 is 2.11 bits per heavy atom. The van der Waals surface area contributed by atoms with Gasteiger partial charge < -0.3 is 5.73 Å². The predicted molar refractivity (Wildman–Crippen MR) is 72.7 cm³/mol. The van der Waals surface area contributed by atoms with Crippen LogP contribution in [0.5, 0.6) is 0 Å². The fourth-order valence-corrected chi connectivity index (χ4v) is 3.29. The van der Waals surface area contributed by atoms with Crippen LogP contribution in [0.3, 0.4) is 0 Å². The van der Waals surface area contributed by atoms with Gasteiger partial charge >= 0.3 is 6.03 Å². The topological polar surface area (TPSA) is 89.3 Å². The lowest BCUT2D eigenvalue weighted by atomic mass is 10.2. The van der Waals surface area contributed by atoms with E-state index in [-0.39, 0.29) is 4.90 Å². The van der Waals surface area contributed by atoms with E-state index in [4.69, 9.17) is 5.73 Å². The molecule has 18 heavy (non-hydrogen) atoms. The van der Waals surface area contributed by atoms with E-state index in [9.17, 15) is 13.2 Å². The average Bonchev–Trinajstić information content (AvgIpc) is 2.28. The number of nitrogens with one attached hydrogen (secondary N) is 1. The molecular formula is C11H14N2O3S2. The summed E-state index contributed by atoms with van der Waals surface area (Å²) in [5, 5.41) is 0. The molecule has 0 aliphatic rings. The number of nitrogens with two attached hydrogens (primary N) is 1. The van der Waals surface area contributed by atoms with Gasteiger partial charge in [0.15, 0.2) is 0 Å². The van der Waals surface area contributed by atoms with Crippen LogP contribution in [0.1, 0.15) is 5.56 Å². The van der Waals surface area contributed by atoms with E-state index in [1.165, 1.54) is 17.8 Å².